The SMILES string of the molecule is Cc1cccnc1COc1ccc2ccccc2c1C=O. The summed E-state index contributed by atoms with van der Waals surface area (Å²) in [6.07, 6.45) is 2.59. The van der Waals surface area contributed by atoms with Crippen LogP contribution in [0.2, 0.25) is 0 Å². The van der Waals surface area contributed by atoms with Crippen molar-refractivity contribution in [2.75, 3.05) is 0 Å². The minimum absolute atomic E-state index is 0.353. The highest BCUT2D eigenvalue weighted by atomic mass is 16.5. The summed E-state index contributed by atoms with van der Waals surface area (Å²) in [5.74, 6) is 0.591. The van der Waals surface area contributed by atoms with Crippen molar-refractivity contribution in [2.45, 2.75) is 13.5 Å². The molecule has 2 aromatic carbocycles. The van der Waals surface area contributed by atoms with Gasteiger partial charge in [0.1, 0.15) is 12.4 Å². The van der Waals surface area contributed by atoms with Gasteiger partial charge in [0.25, 0.3) is 0 Å². The van der Waals surface area contributed by atoms with E-state index in [4.69, 9.17) is 4.74 Å². The van der Waals surface area contributed by atoms with Gasteiger partial charge in [-0.3, -0.25) is 9.78 Å². The predicted molar refractivity (Wildman–Crippen MR) is 82.6 cm³/mol. The molecule has 0 saturated heterocycles. The molecule has 0 bridgehead atoms. The second-order valence-electron chi connectivity index (χ2n) is 4.87. The molecule has 3 nitrogen and oxygen atoms in total. The van der Waals surface area contributed by atoms with Crippen molar-refractivity contribution in [3.8, 4) is 5.75 Å². The molecule has 104 valence electrons. The van der Waals surface area contributed by atoms with Gasteiger partial charge in [0.2, 0.25) is 0 Å². The van der Waals surface area contributed by atoms with Gasteiger partial charge in [-0.25, -0.2) is 0 Å². The number of aryl methyl sites for hydroxylation is 1. The Hall–Kier alpha value is -2.68. The number of pyridine rings is 1. The molecule has 0 N–H and O–H groups in total. The molecule has 0 aliphatic carbocycles. The maximum Gasteiger partial charge on any atom is 0.154 e. The molecule has 3 aromatic rings. The van der Waals surface area contributed by atoms with Gasteiger partial charge in [0.05, 0.1) is 11.3 Å². The average Bonchev–Trinajstić information content (AvgIpc) is 2.53. The average molecular weight is 277 g/mol. The first kappa shape index (κ1) is 13.3. The molecule has 0 saturated carbocycles. The quantitative estimate of drug-likeness (QED) is 0.678. The lowest BCUT2D eigenvalue weighted by Gasteiger charge is -2.11. The molecule has 1 heterocycles. The fourth-order valence-electron chi connectivity index (χ4n) is 2.34. The Morgan fingerprint density at radius 2 is 1.95 bits per heavy atom. The molecule has 0 amide bonds. The Morgan fingerprint density at radius 3 is 2.76 bits per heavy atom. The third-order valence-corrected chi connectivity index (χ3v) is 3.53. The summed E-state index contributed by atoms with van der Waals surface area (Å²) in [5.41, 5.74) is 2.54. The molecule has 0 atom stereocenters. The van der Waals surface area contributed by atoms with Crippen LogP contribution in [0.4, 0.5) is 0 Å². The van der Waals surface area contributed by atoms with Gasteiger partial charge in [0, 0.05) is 6.20 Å². The van der Waals surface area contributed by atoms with E-state index in [1.807, 2.05) is 55.5 Å². The summed E-state index contributed by atoms with van der Waals surface area (Å²) < 4.78 is 5.81. The van der Waals surface area contributed by atoms with Gasteiger partial charge in [-0.2, -0.15) is 0 Å². The van der Waals surface area contributed by atoms with Crippen LogP contribution < -0.4 is 4.74 Å². The van der Waals surface area contributed by atoms with Crippen molar-refractivity contribution in [3.05, 3.63) is 71.5 Å². The van der Waals surface area contributed by atoms with Gasteiger partial charge in [-0.05, 0) is 35.4 Å². The summed E-state index contributed by atoms with van der Waals surface area (Å²) in [4.78, 5) is 15.7. The first-order valence-electron chi connectivity index (χ1n) is 6.80. The van der Waals surface area contributed by atoms with E-state index in [9.17, 15) is 4.79 Å². The number of hydrogen-bond acceptors (Lipinski definition) is 3. The van der Waals surface area contributed by atoms with Crippen LogP contribution >= 0.6 is 0 Å². The van der Waals surface area contributed by atoms with E-state index in [0.29, 0.717) is 17.9 Å². The van der Waals surface area contributed by atoms with Crippen LogP contribution in [0, 0.1) is 6.92 Å². The number of rotatable bonds is 4. The zero-order valence-electron chi connectivity index (χ0n) is 11.7. The summed E-state index contributed by atoms with van der Waals surface area (Å²) in [6, 6.07) is 15.5. The summed E-state index contributed by atoms with van der Waals surface area (Å²) in [7, 11) is 0. The highest BCUT2D eigenvalue weighted by Gasteiger charge is 2.09. The van der Waals surface area contributed by atoms with Crippen molar-refractivity contribution >= 4 is 17.1 Å². The summed E-state index contributed by atoms with van der Waals surface area (Å²) >= 11 is 0. The van der Waals surface area contributed by atoms with Gasteiger partial charge < -0.3 is 4.74 Å². The van der Waals surface area contributed by atoms with Crippen molar-refractivity contribution in [1.29, 1.82) is 0 Å². The zero-order valence-corrected chi connectivity index (χ0v) is 11.7. The number of hydrogen-bond donors (Lipinski definition) is 0. The van der Waals surface area contributed by atoms with Crippen LogP contribution in [0.25, 0.3) is 10.8 Å². The number of carbonyl (C=O) groups excluding carboxylic acids is 1. The third-order valence-electron chi connectivity index (χ3n) is 3.53. The number of carbonyl (C=O) groups is 1. The minimum Gasteiger partial charge on any atom is -0.487 e. The Bertz CT molecular complexity index is 796. The maximum absolute atomic E-state index is 11.4. The van der Waals surface area contributed by atoms with Crippen molar-refractivity contribution < 1.29 is 9.53 Å². The Balaban J connectivity index is 1.94. The van der Waals surface area contributed by atoms with Crippen molar-refractivity contribution in [1.82, 2.24) is 4.98 Å². The Kier molecular flexibility index (Phi) is 3.65. The molecule has 3 heteroatoms. The molecule has 0 aliphatic rings. The van der Waals surface area contributed by atoms with E-state index in [-0.39, 0.29) is 0 Å². The molecular formula is C18H15NO2. The van der Waals surface area contributed by atoms with Crippen LogP contribution in [-0.2, 0) is 6.61 Å². The topological polar surface area (TPSA) is 39.2 Å². The second-order valence-corrected chi connectivity index (χ2v) is 4.87. The molecule has 0 radical (unpaired) electrons. The number of benzene rings is 2. The molecule has 21 heavy (non-hydrogen) atoms. The van der Waals surface area contributed by atoms with E-state index in [1.54, 1.807) is 6.20 Å². The van der Waals surface area contributed by atoms with Crippen LogP contribution in [0.3, 0.4) is 0 Å². The number of aldehydes is 1. The smallest absolute Gasteiger partial charge is 0.154 e. The van der Waals surface area contributed by atoms with E-state index >= 15 is 0 Å². The zero-order chi connectivity index (χ0) is 14.7. The van der Waals surface area contributed by atoms with E-state index in [2.05, 4.69) is 4.98 Å². The van der Waals surface area contributed by atoms with Crippen LogP contribution in [0.5, 0.6) is 5.75 Å². The Morgan fingerprint density at radius 1 is 1.10 bits per heavy atom. The third kappa shape index (κ3) is 2.63. The Labute approximate surface area is 123 Å². The highest BCUT2D eigenvalue weighted by molar-refractivity contribution is 6.00. The normalized spacial score (nSPS) is 10.5. The maximum atomic E-state index is 11.4. The molecule has 1 aromatic heterocycles. The van der Waals surface area contributed by atoms with Gasteiger partial charge in [0.15, 0.2) is 6.29 Å². The predicted octanol–water partition coefficient (Wildman–Crippen LogP) is 3.93. The monoisotopic (exact) mass is 277 g/mol. The molecule has 0 fully saturated rings. The van der Waals surface area contributed by atoms with E-state index < -0.39 is 0 Å². The lowest BCUT2D eigenvalue weighted by molar-refractivity contribution is 0.112. The minimum atomic E-state index is 0.353. The second kappa shape index (κ2) is 5.75. The van der Waals surface area contributed by atoms with E-state index in [1.165, 1.54) is 0 Å². The first-order valence-corrected chi connectivity index (χ1v) is 6.80. The van der Waals surface area contributed by atoms with Crippen LogP contribution in [0.1, 0.15) is 21.6 Å². The molecular weight excluding hydrogens is 262 g/mol. The standard InChI is InChI=1S/C18H15NO2/c1-13-5-4-10-19-17(13)12-21-18-9-8-14-6-2-3-7-15(14)16(18)11-20/h2-11H,12H2,1H3. The first-order chi connectivity index (χ1) is 10.3. The van der Waals surface area contributed by atoms with E-state index in [0.717, 1.165) is 28.3 Å². The molecule has 0 spiro atoms. The fourth-order valence-corrected chi connectivity index (χ4v) is 2.34. The lowest BCUT2D eigenvalue weighted by Crippen LogP contribution is -2.02. The van der Waals surface area contributed by atoms with Crippen molar-refractivity contribution in [2.24, 2.45) is 0 Å². The summed E-state index contributed by atoms with van der Waals surface area (Å²) in [6.45, 7) is 2.35. The molecule has 3 rings (SSSR count). The fraction of sp³-hybridized carbons (Fsp3) is 0.111. The molecule has 0 aliphatic heterocycles. The molecule has 0 unspecified atom stereocenters. The number of ether oxygens (including phenoxy) is 1. The lowest BCUT2D eigenvalue weighted by atomic mass is 10.0. The highest BCUT2D eigenvalue weighted by Crippen LogP contribution is 2.27. The van der Waals surface area contributed by atoms with Crippen LogP contribution in [0.15, 0.2) is 54.7 Å². The number of aromatic nitrogens is 1. The van der Waals surface area contributed by atoms with Gasteiger partial charge in [-0.15, -0.1) is 0 Å². The number of nitrogens with zero attached hydrogens (tertiary/aromatic N) is 1. The van der Waals surface area contributed by atoms with Crippen molar-refractivity contribution in [3.63, 3.8) is 0 Å². The van der Waals surface area contributed by atoms with Gasteiger partial charge >= 0.3 is 0 Å². The summed E-state index contributed by atoms with van der Waals surface area (Å²) in [5, 5.41) is 1.93. The van der Waals surface area contributed by atoms with Crippen LogP contribution in [-0.4, -0.2) is 11.3 Å². The van der Waals surface area contributed by atoms with Gasteiger partial charge in [-0.1, -0.05) is 36.4 Å². The largest absolute Gasteiger partial charge is 0.487 e. The number of fused-ring (bicyclic) bond motifs is 1.